The van der Waals surface area contributed by atoms with Crippen molar-refractivity contribution in [1.29, 1.82) is 0 Å². The molecule has 0 aliphatic carbocycles. The van der Waals surface area contributed by atoms with Gasteiger partial charge >= 0.3 is 6.03 Å². The van der Waals surface area contributed by atoms with Gasteiger partial charge in [-0.05, 0) is 48.5 Å². The third-order valence-corrected chi connectivity index (χ3v) is 5.10. The molecule has 1 heterocycles. The predicted molar refractivity (Wildman–Crippen MR) is 119 cm³/mol. The monoisotopic (exact) mass is 403 g/mol. The van der Waals surface area contributed by atoms with Crippen LogP contribution in [0.25, 0.3) is 0 Å². The molecular formula is C24H25N3O3. The molecule has 0 unspecified atom stereocenters. The van der Waals surface area contributed by atoms with Crippen molar-refractivity contribution in [3.05, 3.63) is 78.9 Å². The minimum absolute atomic E-state index is 0.117. The maximum absolute atomic E-state index is 12.8. The molecule has 0 aromatic heterocycles. The van der Waals surface area contributed by atoms with Crippen LogP contribution in [0.2, 0.25) is 0 Å². The number of urea groups is 1. The minimum atomic E-state index is -0.117. The molecule has 0 spiro atoms. The summed E-state index contributed by atoms with van der Waals surface area (Å²) in [7, 11) is 1.66. The number of hydrogen-bond donors (Lipinski definition) is 1. The summed E-state index contributed by atoms with van der Waals surface area (Å²) in [5.41, 5.74) is 1.79. The highest BCUT2D eigenvalue weighted by atomic mass is 16.5. The molecule has 6 nitrogen and oxygen atoms in total. The Labute approximate surface area is 176 Å². The number of piperazine rings is 1. The van der Waals surface area contributed by atoms with Gasteiger partial charge < -0.3 is 24.6 Å². The fraction of sp³-hybridized carbons (Fsp3) is 0.208. The lowest BCUT2D eigenvalue weighted by atomic mass is 10.2. The molecule has 0 bridgehead atoms. The molecule has 1 aliphatic heterocycles. The Balaban J connectivity index is 1.36. The fourth-order valence-corrected chi connectivity index (χ4v) is 3.43. The van der Waals surface area contributed by atoms with Gasteiger partial charge in [0.25, 0.3) is 0 Å². The SMILES string of the molecule is COc1ccc(N2CCN(C(=O)Nc3ccccc3Oc3ccccc3)CC2)cc1. The number of amides is 2. The van der Waals surface area contributed by atoms with E-state index < -0.39 is 0 Å². The number of nitrogens with one attached hydrogen (secondary N) is 1. The van der Waals surface area contributed by atoms with Crippen LogP contribution < -0.4 is 19.7 Å². The molecule has 1 fully saturated rings. The van der Waals surface area contributed by atoms with Crippen molar-refractivity contribution in [3.8, 4) is 17.2 Å². The number of rotatable bonds is 5. The van der Waals surface area contributed by atoms with Crippen molar-refractivity contribution >= 4 is 17.4 Å². The van der Waals surface area contributed by atoms with Gasteiger partial charge in [0, 0.05) is 31.9 Å². The summed E-state index contributed by atoms with van der Waals surface area (Å²) < 4.78 is 11.2. The number of carbonyl (C=O) groups is 1. The van der Waals surface area contributed by atoms with Crippen LogP contribution in [-0.2, 0) is 0 Å². The van der Waals surface area contributed by atoms with E-state index in [0.29, 0.717) is 24.5 Å². The van der Waals surface area contributed by atoms with Crippen molar-refractivity contribution in [2.75, 3.05) is 43.5 Å². The average Bonchev–Trinajstić information content (AvgIpc) is 2.81. The van der Waals surface area contributed by atoms with Crippen LogP contribution in [0.3, 0.4) is 0 Å². The van der Waals surface area contributed by atoms with Crippen LogP contribution in [-0.4, -0.2) is 44.2 Å². The van der Waals surface area contributed by atoms with Crippen LogP contribution in [0.15, 0.2) is 78.9 Å². The summed E-state index contributed by atoms with van der Waals surface area (Å²) in [5.74, 6) is 2.19. The lowest BCUT2D eigenvalue weighted by molar-refractivity contribution is 0.208. The molecule has 1 aliphatic rings. The van der Waals surface area contributed by atoms with Crippen LogP contribution >= 0.6 is 0 Å². The van der Waals surface area contributed by atoms with Crippen molar-refractivity contribution in [3.63, 3.8) is 0 Å². The molecule has 154 valence electrons. The summed E-state index contributed by atoms with van der Waals surface area (Å²) >= 11 is 0. The van der Waals surface area contributed by atoms with Gasteiger partial charge in [0.15, 0.2) is 5.75 Å². The van der Waals surface area contributed by atoms with E-state index in [-0.39, 0.29) is 6.03 Å². The van der Waals surface area contributed by atoms with Crippen LogP contribution in [0.1, 0.15) is 0 Å². The second-order valence-corrected chi connectivity index (χ2v) is 7.01. The van der Waals surface area contributed by atoms with E-state index >= 15 is 0 Å². The van der Waals surface area contributed by atoms with Gasteiger partial charge in [-0.15, -0.1) is 0 Å². The summed E-state index contributed by atoms with van der Waals surface area (Å²) in [6.07, 6.45) is 0. The molecule has 3 aromatic rings. The van der Waals surface area contributed by atoms with Crippen LogP contribution in [0, 0.1) is 0 Å². The fourth-order valence-electron chi connectivity index (χ4n) is 3.43. The van der Waals surface area contributed by atoms with Gasteiger partial charge in [0.05, 0.1) is 12.8 Å². The number of methoxy groups -OCH3 is 1. The smallest absolute Gasteiger partial charge is 0.322 e. The molecule has 0 atom stereocenters. The Bertz CT molecular complexity index is 969. The predicted octanol–water partition coefficient (Wildman–Crippen LogP) is 4.84. The lowest BCUT2D eigenvalue weighted by Gasteiger charge is -2.36. The quantitative estimate of drug-likeness (QED) is 0.662. The van der Waals surface area contributed by atoms with Gasteiger partial charge in [0.2, 0.25) is 0 Å². The molecule has 0 saturated carbocycles. The van der Waals surface area contributed by atoms with Gasteiger partial charge in [-0.1, -0.05) is 30.3 Å². The Kier molecular flexibility index (Phi) is 6.03. The number of anilines is 2. The molecule has 4 rings (SSSR count). The van der Waals surface area contributed by atoms with E-state index in [4.69, 9.17) is 9.47 Å². The molecule has 1 saturated heterocycles. The number of ether oxygens (including phenoxy) is 2. The van der Waals surface area contributed by atoms with Crippen molar-refractivity contribution in [1.82, 2.24) is 4.90 Å². The number of hydrogen-bond acceptors (Lipinski definition) is 4. The molecule has 1 N–H and O–H groups in total. The summed E-state index contributed by atoms with van der Waals surface area (Å²) in [6.45, 7) is 2.86. The van der Waals surface area contributed by atoms with Crippen molar-refractivity contribution < 1.29 is 14.3 Å². The Morgan fingerprint density at radius 2 is 1.47 bits per heavy atom. The van der Waals surface area contributed by atoms with E-state index in [2.05, 4.69) is 10.2 Å². The van der Waals surface area contributed by atoms with Crippen molar-refractivity contribution in [2.24, 2.45) is 0 Å². The van der Waals surface area contributed by atoms with Crippen LogP contribution in [0.5, 0.6) is 17.2 Å². The van der Waals surface area contributed by atoms with E-state index in [1.165, 1.54) is 0 Å². The minimum Gasteiger partial charge on any atom is -0.497 e. The Morgan fingerprint density at radius 1 is 0.800 bits per heavy atom. The van der Waals surface area contributed by atoms with E-state index in [0.717, 1.165) is 30.3 Å². The zero-order valence-electron chi connectivity index (χ0n) is 17.0. The third-order valence-electron chi connectivity index (χ3n) is 5.10. The first-order chi connectivity index (χ1) is 14.7. The highest BCUT2D eigenvalue weighted by Gasteiger charge is 2.22. The third kappa shape index (κ3) is 4.66. The van der Waals surface area contributed by atoms with E-state index in [1.54, 1.807) is 7.11 Å². The van der Waals surface area contributed by atoms with Crippen molar-refractivity contribution in [2.45, 2.75) is 0 Å². The van der Waals surface area contributed by atoms with Crippen LogP contribution in [0.4, 0.5) is 16.2 Å². The largest absolute Gasteiger partial charge is 0.497 e. The van der Waals surface area contributed by atoms with E-state index in [1.807, 2.05) is 83.8 Å². The Morgan fingerprint density at radius 3 is 2.17 bits per heavy atom. The molecule has 6 heteroatoms. The number of benzene rings is 3. The van der Waals surface area contributed by atoms with Gasteiger partial charge in [-0.3, -0.25) is 0 Å². The standard InChI is InChI=1S/C24H25N3O3/c1-29-20-13-11-19(12-14-20)26-15-17-27(18-16-26)24(28)25-22-9-5-6-10-23(22)30-21-7-3-2-4-8-21/h2-14H,15-18H2,1H3,(H,25,28). The lowest BCUT2D eigenvalue weighted by Crippen LogP contribution is -2.50. The number of nitrogens with zero attached hydrogens (tertiary/aromatic N) is 2. The first kappa shape index (κ1) is 19.6. The number of para-hydroxylation sites is 3. The average molecular weight is 403 g/mol. The maximum Gasteiger partial charge on any atom is 0.322 e. The first-order valence-corrected chi connectivity index (χ1v) is 10.00. The van der Waals surface area contributed by atoms with Gasteiger partial charge in [-0.2, -0.15) is 0 Å². The van der Waals surface area contributed by atoms with E-state index in [9.17, 15) is 4.79 Å². The second kappa shape index (κ2) is 9.22. The highest BCUT2D eigenvalue weighted by molar-refractivity contribution is 5.91. The second-order valence-electron chi connectivity index (χ2n) is 7.01. The zero-order chi connectivity index (χ0) is 20.8. The summed E-state index contributed by atoms with van der Waals surface area (Å²) in [4.78, 5) is 16.9. The molecule has 0 radical (unpaired) electrons. The van der Waals surface area contributed by atoms with Gasteiger partial charge in [-0.25, -0.2) is 4.79 Å². The Hall–Kier alpha value is -3.67. The topological polar surface area (TPSA) is 54.0 Å². The molecule has 30 heavy (non-hydrogen) atoms. The zero-order valence-corrected chi connectivity index (χ0v) is 17.0. The molecule has 3 aromatic carbocycles. The summed E-state index contributed by atoms with van der Waals surface area (Å²) in [6, 6.07) is 24.9. The normalized spacial score (nSPS) is 13.6. The first-order valence-electron chi connectivity index (χ1n) is 10.00. The summed E-state index contributed by atoms with van der Waals surface area (Å²) in [5, 5.41) is 3.00. The molecule has 2 amide bonds. The van der Waals surface area contributed by atoms with Gasteiger partial charge in [0.1, 0.15) is 11.5 Å². The number of carbonyl (C=O) groups excluding carboxylic acids is 1. The highest BCUT2D eigenvalue weighted by Crippen LogP contribution is 2.29. The molecular weight excluding hydrogens is 378 g/mol. The maximum atomic E-state index is 12.8.